The molecule has 14 heavy (non-hydrogen) atoms. The number of nitrogens with one attached hydrogen (secondary N) is 1. The van der Waals surface area contributed by atoms with Gasteiger partial charge in [-0.15, -0.1) is 0 Å². The van der Waals surface area contributed by atoms with E-state index < -0.39 is 0 Å². The highest BCUT2D eigenvalue weighted by Gasteiger charge is 2.26. The molecule has 0 aromatic rings. The van der Waals surface area contributed by atoms with Crippen LogP contribution in [0.1, 0.15) is 34.6 Å². The molecule has 0 aliphatic carbocycles. The highest BCUT2D eigenvalue weighted by Crippen LogP contribution is 2.24. The molecule has 0 bridgehead atoms. The Bertz CT molecular complexity index is 145. The minimum Gasteiger partial charge on any atom is -0.312 e. The normalized spacial score (nSPS) is 15.2. The van der Waals surface area contributed by atoms with E-state index in [0.29, 0.717) is 17.4 Å². The second-order valence-corrected chi connectivity index (χ2v) is 5.85. The maximum Gasteiger partial charge on any atom is 0.0139 e. The first-order valence-electron chi connectivity index (χ1n) is 5.63. The van der Waals surface area contributed by atoms with Crippen molar-refractivity contribution in [1.82, 2.24) is 10.2 Å². The average molecular weight is 200 g/mol. The van der Waals surface area contributed by atoms with Crippen LogP contribution in [0.25, 0.3) is 0 Å². The average Bonchev–Trinajstić information content (AvgIpc) is 1.94. The Kier molecular flexibility index (Phi) is 5.68. The summed E-state index contributed by atoms with van der Waals surface area (Å²) in [4.78, 5) is 2.22. The first-order valence-corrected chi connectivity index (χ1v) is 5.63. The van der Waals surface area contributed by atoms with E-state index >= 15 is 0 Å². The smallest absolute Gasteiger partial charge is 0.0139 e. The van der Waals surface area contributed by atoms with Gasteiger partial charge in [0.25, 0.3) is 0 Å². The summed E-state index contributed by atoms with van der Waals surface area (Å²) >= 11 is 0. The van der Waals surface area contributed by atoms with Crippen LogP contribution in [0, 0.1) is 11.3 Å². The van der Waals surface area contributed by atoms with Crippen LogP contribution in [0.5, 0.6) is 0 Å². The van der Waals surface area contributed by atoms with Crippen LogP contribution in [0.2, 0.25) is 0 Å². The van der Waals surface area contributed by atoms with E-state index in [4.69, 9.17) is 0 Å². The van der Waals surface area contributed by atoms with Gasteiger partial charge >= 0.3 is 0 Å². The molecular formula is C12H28N2. The summed E-state index contributed by atoms with van der Waals surface area (Å²) in [7, 11) is 4.23. The number of rotatable bonds is 5. The Morgan fingerprint density at radius 3 is 1.93 bits per heavy atom. The maximum atomic E-state index is 3.65. The quantitative estimate of drug-likeness (QED) is 0.732. The van der Waals surface area contributed by atoms with Crippen LogP contribution in [-0.4, -0.2) is 38.1 Å². The standard InChI is InChI=1S/C12H28N2/c1-10(2)11(12(3,4)5)13-8-9-14(6)7/h10-11,13H,8-9H2,1-7H3/t11-/m0/s1. The van der Waals surface area contributed by atoms with Crippen molar-refractivity contribution in [2.24, 2.45) is 11.3 Å². The van der Waals surface area contributed by atoms with E-state index in [9.17, 15) is 0 Å². The second kappa shape index (κ2) is 5.72. The van der Waals surface area contributed by atoms with Gasteiger partial charge in [0.1, 0.15) is 0 Å². The molecule has 2 heteroatoms. The number of likely N-dealkylation sites (N-methyl/N-ethyl adjacent to an activating group) is 1. The Balaban J connectivity index is 4.00. The van der Waals surface area contributed by atoms with Crippen LogP contribution in [0.3, 0.4) is 0 Å². The zero-order valence-electron chi connectivity index (χ0n) is 11.0. The zero-order valence-corrected chi connectivity index (χ0v) is 11.0. The van der Waals surface area contributed by atoms with Crippen molar-refractivity contribution in [1.29, 1.82) is 0 Å². The molecule has 0 heterocycles. The molecular weight excluding hydrogens is 172 g/mol. The van der Waals surface area contributed by atoms with Gasteiger partial charge in [0.2, 0.25) is 0 Å². The summed E-state index contributed by atoms with van der Waals surface area (Å²) in [5.41, 5.74) is 0.348. The van der Waals surface area contributed by atoms with E-state index in [2.05, 4.69) is 58.9 Å². The number of hydrogen-bond acceptors (Lipinski definition) is 2. The van der Waals surface area contributed by atoms with Crippen molar-refractivity contribution < 1.29 is 0 Å². The van der Waals surface area contributed by atoms with Gasteiger partial charge in [0.05, 0.1) is 0 Å². The van der Waals surface area contributed by atoms with Gasteiger partial charge in [-0.3, -0.25) is 0 Å². The third-order valence-corrected chi connectivity index (χ3v) is 2.52. The largest absolute Gasteiger partial charge is 0.312 e. The summed E-state index contributed by atoms with van der Waals surface area (Å²) in [6.45, 7) is 13.7. The van der Waals surface area contributed by atoms with Gasteiger partial charge in [-0.2, -0.15) is 0 Å². The number of nitrogens with zero attached hydrogens (tertiary/aromatic N) is 1. The lowest BCUT2D eigenvalue weighted by atomic mass is 9.80. The molecule has 0 fully saturated rings. The third kappa shape index (κ3) is 5.61. The molecule has 1 atom stereocenters. The van der Waals surface area contributed by atoms with Gasteiger partial charge < -0.3 is 10.2 Å². The summed E-state index contributed by atoms with van der Waals surface area (Å²) in [6.07, 6.45) is 0. The van der Waals surface area contributed by atoms with Gasteiger partial charge in [-0.05, 0) is 25.4 Å². The zero-order chi connectivity index (χ0) is 11.4. The SMILES string of the molecule is CC(C)[C@H](NCCN(C)C)C(C)(C)C. The fourth-order valence-corrected chi connectivity index (χ4v) is 1.99. The lowest BCUT2D eigenvalue weighted by Gasteiger charge is -2.35. The summed E-state index contributed by atoms with van der Waals surface area (Å²) in [6, 6.07) is 0.599. The Morgan fingerprint density at radius 2 is 1.64 bits per heavy atom. The first kappa shape index (κ1) is 13.9. The van der Waals surface area contributed by atoms with Gasteiger partial charge in [0.15, 0.2) is 0 Å². The molecule has 0 aliphatic heterocycles. The van der Waals surface area contributed by atoms with Crippen LogP contribution < -0.4 is 5.32 Å². The van der Waals surface area contributed by atoms with Crippen molar-refractivity contribution >= 4 is 0 Å². The molecule has 2 nitrogen and oxygen atoms in total. The first-order chi connectivity index (χ1) is 6.25. The van der Waals surface area contributed by atoms with Crippen LogP contribution in [0.4, 0.5) is 0 Å². The van der Waals surface area contributed by atoms with Crippen LogP contribution in [0.15, 0.2) is 0 Å². The Hall–Kier alpha value is -0.0800. The monoisotopic (exact) mass is 200 g/mol. The van der Waals surface area contributed by atoms with Crippen molar-refractivity contribution in [3.8, 4) is 0 Å². The molecule has 0 aromatic heterocycles. The molecule has 0 amide bonds. The van der Waals surface area contributed by atoms with E-state index in [1.165, 1.54) is 0 Å². The van der Waals surface area contributed by atoms with Crippen LogP contribution in [-0.2, 0) is 0 Å². The topological polar surface area (TPSA) is 15.3 Å². The van der Waals surface area contributed by atoms with Crippen LogP contribution >= 0.6 is 0 Å². The Morgan fingerprint density at radius 1 is 1.14 bits per heavy atom. The van der Waals surface area contributed by atoms with E-state index in [1.54, 1.807) is 0 Å². The van der Waals surface area contributed by atoms with Gasteiger partial charge in [-0.25, -0.2) is 0 Å². The predicted molar refractivity (Wildman–Crippen MR) is 64.6 cm³/mol. The van der Waals surface area contributed by atoms with Crippen molar-refractivity contribution in [2.45, 2.75) is 40.7 Å². The fourth-order valence-electron chi connectivity index (χ4n) is 1.99. The molecule has 1 N–H and O–H groups in total. The lowest BCUT2D eigenvalue weighted by molar-refractivity contribution is 0.206. The minimum atomic E-state index is 0.348. The maximum absolute atomic E-state index is 3.65. The molecule has 0 saturated carbocycles. The third-order valence-electron chi connectivity index (χ3n) is 2.52. The fraction of sp³-hybridized carbons (Fsp3) is 1.00. The summed E-state index contributed by atoms with van der Waals surface area (Å²) in [5.74, 6) is 0.692. The van der Waals surface area contributed by atoms with E-state index in [1.807, 2.05) is 0 Å². The molecule has 86 valence electrons. The highest BCUT2D eigenvalue weighted by atomic mass is 15.1. The van der Waals surface area contributed by atoms with Gasteiger partial charge in [-0.1, -0.05) is 34.6 Å². The molecule has 0 saturated heterocycles. The molecule has 0 aliphatic rings. The second-order valence-electron chi connectivity index (χ2n) is 5.85. The summed E-state index contributed by atoms with van der Waals surface area (Å²) in [5, 5.41) is 3.65. The Labute approximate surface area is 90.1 Å². The van der Waals surface area contributed by atoms with Crippen molar-refractivity contribution in [2.75, 3.05) is 27.2 Å². The predicted octanol–water partition coefficient (Wildman–Crippen LogP) is 2.21. The molecule has 0 spiro atoms. The van der Waals surface area contributed by atoms with E-state index in [-0.39, 0.29) is 0 Å². The minimum absolute atomic E-state index is 0.348. The molecule has 0 radical (unpaired) electrons. The molecule has 0 aromatic carbocycles. The van der Waals surface area contributed by atoms with Crippen molar-refractivity contribution in [3.63, 3.8) is 0 Å². The lowest BCUT2D eigenvalue weighted by Crippen LogP contribution is -2.46. The van der Waals surface area contributed by atoms with Gasteiger partial charge in [0, 0.05) is 19.1 Å². The molecule has 0 rings (SSSR count). The van der Waals surface area contributed by atoms with Crippen molar-refractivity contribution in [3.05, 3.63) is 0 Å². The highest BCUT2D eigenvalue weighted by molar-refractivity contribution is 4.83. The molecule has 0 unspecified atom stereocenters. The number of hydrogen-bond donors (Lipinski definition) is 1. The van der Waals surface area contributed by atoms with E-state index in [0.717, 1.165) is 13.1 Å². The summed E-state index contributed by atoms with van der Waals surface area (Å²) < 4.78 is 0.